The number of hydrogen-bond donors (Lipinski definition) is 0. The van der Waals surface area contributed by atoms with E-state index in [1.807, 2.05) is 4.90 Å². The highest BCUT2D eigenvalue weighted by Gasteiger charge is 2.41. The molecule has 0 bridgehead atoms. The number of amides is 2. The van der Waals surface area contributed by atoms with E-state index in [1.165, 1.54) is 4.90 Å². The van der Waals surface area contributed by atoms with Crippen molar-refractivity contribution in [3.8, 4) is 0 Å². The smallest absolute Gasteiger partial charge is 0.277 e. The number of benzene rings is 1. The highest BCUT2D eigenvalue weighted by molar-refractivity contribution is 6.36. The van der Waals surface area contributed by atoms with Crippen molar-refractivity contribution in [2.45, 2.75) is 26.2 Å². The Bertz CT molecular complexity index is 678. The van der Waals surface area contributed by atoms with Gasteiger partial charge in [0.2, 0.25) is 0 Å². The lowest BCUT2D eigenvalue weighted by atomic mass is 10.0. The molecular weight excluding hydrogens is 340 g/mol. The number of carbonyl (C=O) groups is 2. The van der Waals surface area contributed by atoms with Crippen molar-refractivity contribution in [2.24, 2.45) is 0 Å². The van der Waals surface area contributed by atoms with Crippen LogP contribution in [0.3, 0.4) is 0 Å². The quantitative estimate of drug-likeness (QED) is 0.576. The van der Waals surface area contributed by atoms with E-state index in [4.69, 9.17) is 16.3 Å². The fraction of sp³-hybridized carbons (Fsp3) is 0.474. The van der Waals surface area contributed by atoms with Gasteiger partial charge in [0.15, 0.2) is 0 Å². The number of halogens is 1. The van der Waals surface area contributed by atoms with Gasteiger partial charge in [-0.15, -0.1) is 0 Å². The van der Waals surface area contributed by atoms with Gasteiger partial charge in [-0.2, -0.15) is 0 Å². The van der Waals surface area contributed by atoms with Crippen molar-refractivity contribution in [1.29, 1.82) is 0 Å². The first-order chi connectivity index (χ1) is 12.1. The lowest BCUT2D eigenvalue weighted by Gasteiger charge is -2.29. The number of nitrogens with zero attached hydrogens (tertiary/aromatic N) is 2. The largest absolute Gasteiger partial charge is 0.378 e. The van der Waals surface area contributed by atoms with Gasteiger partial charge < -0.3 is 9.64 Å². The molecule has 0 atom stereocenters. The maximum absolute atomic E-state index is 13.0. The molecule has 0 aliphatic carbocycles. The summed E-state index contributed by atoms with van der Waals surface area (Å²) in [5, 5.41) is 0.605. The monoisotopic (exact) mass is 362 g/mol. The van der Waals surface area contributed by atoms with E-state index in [2.05, 4.69) is 6.92 Å². The second kappa shape index (κ2) is 8.02. The summed E-state index contributed by atoms with van der Waals surface area (Å²) in [6.07, 6.45) is 2.88. The van der Waals surface area contributed by atoms with E-state index in [9.17, 15) is 9.59 Å². The molecule has 1 aromatic carbocycles. The molecule has 1 aromatic rings. The molecule has 134 valence electrons. The normalized spacial score (nSPS) is 18.5. The first-order valence-corrected chi connectivity index (χ1v) is 9.20. The van der Waals surface area contributed by atoms with Gasteiger partial charge in [0.25, 0.3) is 11.8 Å². The summed E-state index contributed by atoms with van der Waals surface area (Å²) in [4.78, 5) is 29.4. The van der Waals surface area contributed by atoms with Crippen LogP contribution in [0.2, 0.25) is 5.02 Å². The van der Waals surface area contributed by atoms with E-state index < -0.39 is 0 Å². The fourth-order valence-corrected chi connectivity index (χ4v) is 3.37. The summed E-state index contributed by atoms with van der Waals surface area (Å²) >= 11 is 5.98. The summed E-state index contributed by atoms with van der Waals surface area (Å²) in [6.45, 7) is 4.94. The van der Waals surface area contributed by atoms with Crippen LogP contribution in [0.1, 0.15) is 31.7 Å². The molecule has 0 spiro atoms. The first-order valence-electron chi connectivity index (χ1n) is 8.82. The Kier molecular flexibility index (Phi) is 5.76. The number of morpholine rings is 1. The van der Waals surface area contributed by atoms with Crippen LogP contribution in [0.25, 0.3) is 5.57 Å². The molecule has 0 aromatic heterocycles. The van der Waals surface area contributed by atoms with Crippen LogP contribution in [0.4, 0.5) is 0 Å². The van der Waals surface area contributed by atoms with Crippen molar-refractivity contribution in [2.75, 3.05) is 32.8 Å². The van der Waals surface area contributed by atoms with E-state index in [-0.39, 0.29) is 11.8 Å². The molecule has 0 unspecified atom stereocenters. The summed E-state index contributed by atoms with van der Waals surface area (Å²) < 4.78 is 5.39. The van der Waals surface area contributed by atoms with Gasteiger partial charge in [-0.1, -0.05) is 43.5 Å². The summed E-state index contributed by atoms with van der Waals surface area (Å²) in [6, 6.07) is 7.11. The molecular formula is C19H23ClN2O3. The van der Waals surface area contributed by atoms with Crippen LogP contribution in [-0.4, -0.2) is 54.5 Å². The molecule has 0 N–H and O–H groups in total. The number of rotatable bonds is 6. The molecule has 2 amide bonds. The molecule has 2 aliphatic rings. The Morgan fingerprint density at radius 3 is 2.36 bits per heavy atom. The summed E-state index contributed by atoms with van der Waals surface area (Å²) in [5.74, 6) is -0.391. The van der Waals surface area contributed by atoms with Gasteiger partial charge in [0.05, 0.1) is 18.8 Å². The van der Waals surface area contributed by atoms with Gasteiger partial charge in [-0.05, 0) is 24.1 Å². The third-order valence-corrected chi connectivity index (χ3v) is 4.84. The van der Waals surface area contributed by atoms with Gasteiger partial charge in [0.1, 0.15) is 5.70 Å². The Morgan fingerprint density at radius 1 is 1.04 bits per heavy atom. The van der Waals surface area contributed by atoms with Crippen LogP contribution in [0.5, 0.6) is 0 Å². The number of ether oxygens (including phenoxy) is 1. The summed E-state index contributed by atoms with van der Waals surface area (Å²) in [5.41, 5.74) is 1.73. The molecule has 0 radical (unpaired) electrons. The third-order valence-electron chi connectivity index (χ3n) is 4.59. The standard InChI is InChI=1S/C19H23ClN2O3/c1-2-3-4-9-22-18(23)16(14-5-7-15(20)8-6-14)17(19(22)24)21-10-12-25-13-11-21/h5-8H,2-4,9-13H2,1H3. The van der Waals surface area contributed by atoms with Crippen molar-refractivity contribution >= 4 is 29.0 Å². The van der Waals surface area contributed by atoms with E-state index in [1.54, 1.807) is 24.3 Å². The minimum Gasteiger partial charge on any atom is -0.378 e. The Labute approximate surface area is 153 Å². The van der Waals surface area contributed by atoms with Crippen LogP contribution in [-0.2, 0) is 14.3 Å². The van der Waals surface area contributed by atoms with Crippen molar-refractivity contribution in [1.82, 2.24) is 9.80 Å². The molecule has 2 heterocycles. The predicted octanol–water partition coefficient (Wildman–Crippen LogP) is 2.94. The lowest BCUT2D eigenvalue weighted by molar-refractivity contribution is -0.137. The van der Waals surface area contributed by atoms with Gasteiger partial charge in [0, 0.05) is 24.7 Å². The van der Waals surface area contributed by atoms with Crippen LogP contribution < -0.4 is 0 Å². The van der Waals surface area contributed by atoms with E-state index in [0.717, 1.165) is 24.8 Å². The van der Waals surface area contributed by atoms with Crippen LogP contribution >= 0.6 is 11.6 Å². The van der Waals surface area contributed by atoms with Crippen LogP contribution in [0, 0.1) is 0 Å². The van der Waals surface area contributed by atoms with Gasteiger partial charge in [-0.3, -0.25) is 14.5 Å². The predicted molar refractivity (Wildman–Crippen MR) is 97.0 cm³/mol. The SMILES string of the molecule is CCCCCN1C(=O)C(c2ccc(Cl)cc2)=C(N2CCOCC2)C1=O. The maximum Gasteiger partial charge on any atom is 0.277 e. The molecule has 1 saturated heterocycles. The second-order valence-electron chi connectivity index (χ2n) is 6.30. The number of carbonyl (C=O) groups excluding carboxylic acids is 2. The summed E-state index contributed by atoms with van der Waals surface area (Å²) in [7, 11) is 0. The minimum absolute atomic E-state index is 0.187. The Balaban J connectivity index is 1.96. The zero-order valence-corrected chi connectivity index (χ0v) is 15.2. The van der Waals surface area contributed by atoms with E-state index in [0.29, 0.717) is 49.1 Å². The third kappa shape index (κ3) is 3.72. The Hall–Kier alpha value is -1.85. The van der Waals surface area contributed by atoms with Gasteiger partial charge in [-0.25, -0.2) is 0 Å². The topological polar surface area (TPSA) is 49.9 Å². The van der Waals surface area contributed by atoms with Gasteiger partial charge >= 0.3 is 0 Å². The molecule has 0 saturated carbocycles. The molecule has 3 rings (SSSR count). The average molecular weight is 363 g/mol. The Morgan fingerprint density at radius 2 is 1.72 bits per heavy atom. The molecule has 1 fully saturated rings. The maximum atomic E-state index is 13.0. The first kappa shape index (κ1) is 18.0. The van der Waals surface area contributed by atoms with Crippen LogP contribution in [0.15, 0.2) is 30.0 Å². The minimum atomic E-state index is -0.204. The molecule has 5 nitrogen and oxygen atoms in total. The highest BCUT2D eigenvalue weighted by Crippen LogP contribution is 2.32. The molecule has 2 aliphatic heterocycles. The second-order valence-corrected chi connectivity index (χ2v) is 6.74. The zero-order chi connectivity index (χ0) is 17.8. The van der Waals surface area contributed by atoms with Crippen molar-refractivity contribution in [3.63, 3.8) is 0 Å². The molecule has 25 heavy (non-hydrogen) atoms. The lowest BCUT2D eigenvalue weighted by Crippen LogP contribution is -2.40. The zero-order valence-electron chi connectivity index (χ0n) is 14.5. The van der Waals surface area contributed by atoms with E-state index >= 15 is 0 Å². The number of unbranched alkanes of at least 4 members (excludes halogenated alkanes) is 2. The molecule has 6 heteroatoms. The fourth-order valence-electron chi connectivity index (χ4n) is 3.24. The van der Waals surface area contributed by atoms with Crippen molar-refractivity contribution in [3.05, 3.63) is 40.5 Å². The average Bonchev–Trinajstić information content (AvgIpc) is 2.88. The number of imide groups is 1. The highest BCUT2D eigenvalue weighted by atomic mass is 35.5. The number of hydrogen-bond acceptors (Lipinski definition) is 4. The van der Waals surface area contributed by atoms with Crippen molar-refractivity contribution < 1.29 is 14.3 Å².